The molecule has 2 heterocycles. The van der Waals surface area contributed by atoms with E-state index in [2.05, 4.69) is 70.5 Å². The Labute approximate surface area is 214 Å². The van der Waals surface area contributed by atoms with E-state index in [1.165, 1.54) is 11.1 Å². The van der Waals surface area contributed by atoms with Crippen LogP contribution in [0.1, 0.15) is 30.4 Å². The molecule has 0 spiro atoms. The minimum absolute atomic E-state index is 0.0636. The summed E-state index contributed by atoms with van der Waals surface area (Å²) in [5, 5.41) is 0. The number of carbonyl (C=O) groups is 1. The molecule has 0 bridgehead atoms. The molecule has 1 aliphatic heterocycles. The van der Waals surface area contributed by atoms with Crippen molar-refractivity contribution in [2.75, 3.05) is 31.1 Å². The second-order valence-electron chi connectivity index (χ2n) is 9.55. The van der Waals surface area contributed by atoms with E-state index in [4.69, 9.17) is 0 Å². The van der Waals surface area contributed by atoms with Crippen molar-refractivity contribution >= 4 is 12.1 Å². The van der Waals surface area contributed by atoms with E-state index in [-0.39, 0.29) is 5.41 Å². The van der Waals surface area contributed by atoms with E-state index >= 15 is 0 Å². The van der Waals surface area contributed by atoms with Gasteiger partial charge in [-0.25, -0.2) is 0 Å². The lowest BCUT2D eigenvalue weighted by atomic mass is 9.68. The molecule has 0 unspecified atom stereocenters. The summed E-state index contributed by atoms with van der Waals surface area (Å²) in [7, 11) is 0. The lowest BCUT2D eigenvalue weighted by Gasteiger charge is -2.43. The standard InChI is InChI=1S/C32H33N3O/c36-26-35(30-18-10-21-33-31(30)27-12-4-1-5-13-27)23-11-22-34-24-19-32(20-25-34,28-14-6-2-7-15-28)29-16-8-3-9-17-29/h1-10,12-18,21,26H,11,19-20,22-25H2. The van der Waals surface area contributed by atoms with Crippen LogP contribution in [0.3, 0.4) is 0 Å². The van der Waals surface area contributed by atoms with Gasteiger partial charge in [0.15, 0.2) is 0 Å². The number of amides is 1. The maximum absolute atomic E-state index is 12.1. The Morgan fingerprint density at radius 2 is 1.36 bits per heavy atom. The highest BCUT2D eigenvalue weighted by atomic mass is 16.1. The predicted octanol–water partition coefficient (Wildman–Crippen LogP) is 6.18. The number of carbonyl (C=O) groups excluding carboxylic acids is 1. The van der Waals surface area contributed by atoms with Crippen LogP contribution in [0.4, 0.5) is 5.69 Å². The van der Waals surface area contributed by atoms with Crippen molar-refractivity contribution in [3.8, 4) is 11.3 Å². The number of nitrogens with zero attached hydrogens (tertiary/aromatic N) is 3. The zero-order valence-electron chi connectivity index (χ0n) is 20.7. The van der Waals surface area contributed by atoms with Gasteiger partial charge >= 0.3 is 0 Å². The summed E-state index contributed by atoms with van der Waals surface area (Å²) < 4.78 is 0. The molecule has 4 nitrogen and oxygen atoms in total. The summed E-state index contributed by atoms with van der Waals surface area (Å²) in [6.07, 6.45) is 5.84. The highest BCUT2D eigenvalue weighted by Crippen LogP contribution is 2.41. The van der Waals surface area contributed by atoms with Crippen LogP contribution < -0.4 is 4.90 Å². The Morgan fingerprint density at radius 3 is 1.94 bits per heavy atom. The topological polar surface area (TPSA) is 36.4 Å². The number of anilines is 1. The largest absolute Gasteiger partial charge is 0.313 e. The van der Waals surface area contributed by atoms with Gasteiger partial charge in [-0.3, -0.25) is 9.78 Å². The van der Waals surface area contributed by atoms with Crippen molar-refractivity contribution < 1.29 is 4.79 Å². The van der Waals surface area contributed by atoms with Gasteiger partial charge in [0, 0.05) is 23.7 Å². The molecule has 4 heteroatoms. The molecule has 1 aromatic heterocycles. The molecule has 1 fully saturated rings. The van der Waals surface area contributed by atoms with Gasteiger partial charge in [0.25, 0.3) is 0 Å². The van der Waals surface area contributed by atoms with Crippen LogP contribution >= 0.6 is 0 Å². The molecule has 0 atom stereocenters. The maximum Gasteiger partial charge on any atom is 0.214 e. The fraction of sp³-hybridized carbons (Fsp3) is 0.250. The molecule has 1 amide bonds. The molecular weight excluding hydrogens is 442 g/mol. The first-order valence-corrected chi connectivity index (χ1v) is 12.9. The fourth-order valence-corrected chi connectivity index (χ4v) is 5.56. The van der Waals surface area contributed by atoms with Crippen LogP contribution in [0, 0.1) is 0 Å². The molecule has 4 aromatic rings. The minimum Gasteiger partial charge on any atom is -0.313 e. The minimum atomic E-state index is 0.0636. The Balaban J connectivity index is 1.24. The molecule has 3 aromatic carbocycles. The average molecular weight is 476 g/mol. The smallest absolute Gasteiger partial charge is 0.214 e. The zero-order chi connectivity index (χ0) is 24.6. The molecule has 1 saturated heterocycles. The molecule has 0 radical (unpaired) electrons. The van der Waals surface area contributed by atoms with Gasteiger partial charge in [0.2, 0.25) is 6.41 Å². The lowest BCUT2D eigenvalue weighted by molar-refractivity contribution is -0.107. The summed E-state index contributed by atoms with van der Waals surface area (Å²) in [4.78, 5) is 21.0. The fourth-order valence-electron chi connectivity index (χ4n) is 5.56. The second kappa shape index (κ2) is 11.3. The van der Waals surface area contributed by atoms with Crippen molar-refractivity contribution in [3.05, 3.63) is 120 Å². The number of benzene rings is 3. The molecule has 0 N–H and O–H groups in total. The number of likely N-dealkylation sites (tertiary alicyclic amines) is 1. The number of pyridine rings is 1. The van der Waals surface area contributed by atoms with Gasteiger partial charge in [0.05, 0.1) is 11.4 Å². The zero-order valence-corrected chi connectivity index (χ0v) is 20.7. The maximum atomic E-state index is 12.1. The van der Waals surface area contributed by atoms with Crippen molar-refractivity contribution in [1.82, 2.24) is 9.88 Å². The summed E-state index contributed by atoms with van der Waals surface area (Å²) in [6, 6.07) is 35.9. The van der Waals surface area contributed by atoms with Crippen molar-refractivity contribution in [2.24, 2.45) is 0 Å². The monoisotopic (exact) mass is 475 g/mol. The Morgan fingerprint density at radius 1 is 0.778 bits per heavy atom. The molecule has 0 saturated carbocycles. The molecule has 182 valence electrons. The van der Waals surface area contributed by atoms with E-state index in [1.54, 1.807) is 11.1 Å². The number of piperidine rings is 1. The van der Waals surface area contributed by atoms with Crippen molar-refractivity contribution in [2.45, 2.75) is 24.7 Å². The van der Waals surface area contributed by atoms with Gasteiger partial charge in [-0.1, -0.05) is 91.0 Å². The first kappa shape index (κ1) is 24.0. The van der Waals surface area contributed by atoms with Gasteiger partial charge in [-0.05, 0) is 62.2 Å². The van der Waals surface area contributed by atoms with Gasteiger partial charge in [-0.2, -0.15) is 0 Å². The highest BCUT2D eigenvalue weighted by Gasteiger charge is 2.37. The summed E-state index contributed by atoms with van der Waals surface area (Å²) in [6.45, 7) is 3.75. The summed E-state index contributed by atoms with van der Waals surface area (Å²) in [5.41, 5.74) is 5.62. The Kier molecular flexibility index (Phi) is 7.53. The number of hydrogen-bond donors (Lipinski definition) is 0. The third kappa shape index (κ3) is 5.09. The van der Waals surface area contributed by atoms with Gasteiger partial charge in [0.1, 0.15) is 0 Å². The van der Waals surface area contributed by atoms with E-state index in [0.29, 0.717) is 6.54 Å². The van der Waals surface area contributed by atoms with Crippen molar-refractivity contribution in [3.63, 3.8) is 0 Å². The first-order chi connectivity index (χ1) is 17.8. The average Bonchev–Trinajstić information content (AvgIpc) is 2.97. The van der Waals surface area contributed by atoms with Gasteiger partial charge < -0.3 is 9.80 Å². The lowest BCUT2D eigenvalue weighted by Crippen LogP contribution is -2.44. The first-order valence-electron chi connectivity index (χ1n) is 12.9. The SMILES string of the molecule is O=CN(CCCN1CCC(c2ccccc2)(c2ccccc2)CC1)c1cccnc1-c1ccccc1. The number of aromatic nitrogens is 1. The quantitative estimate of drug-likeness (QED) is 0.271. The molecule has 5 rings (SSSR count). The van der Waals surface area contributed by atoms with Crippen LogP contribution in [-0.4, -0.2) is 42.5 Å². The van der Waals surface area contributed by atoms with Crippen LogP contribution in [0.2, 0.25) is 0 Å². The van der Waals surface area contributed by atoms with Crippen LogP contribution in [-0.2, 0) is 10.2 Å². The summed E-state index contributed by atoms with van der Waals surface area (Å²) in [5.74, 6) is 0. The number of hydrogen-bond acceptors (Lipinski definition) is 3. The molecule has 1 aliphatic rings. The molecule has 36 heavy (non-hydrogen) atoms. The second-order valence-corrected chi connectivity index (χ2v) is 9.55. The van der Waals surface area contributed by atoms with E-state index in [1.807, 2.05) is 42.5 Å². The van der Waals surface area contributed by atoms with E-state index in [0.717, 1.165) is 62.3 Å². The van der Waals surface area contributed by atoms with Gasteiger partial charge in [-0.15, -0.1) is 0 Å². The third-order valence-corrected chi connectivity index (χ3v) is 7.51. The Bertz CT molecular complexity index is 1190. The van der Waals surface area contributed by atoms with Crippen LogP contribution in [0.5, 0.6) is 0 Å². The number of rotatable bonds is 9. The summed E-state index contributed by atoms with van der Waals surface area (Å²) >= 11 is 0. The predicted molar refractivity (Wildman–Crippen MR) is 147 cm³/mol. The van der Waals surface area contributed by atoms with E-state index in [9.17, 15) is 4.79 Å². The van der Waals surface area contributed by atoms with Crippen molar-refractivity contribution in [1.29, 1.82) is 0 Å². The molecule has 0 aliphatic carbocycles. The third-order valence-electron chi connectivity index (χ3n) is 7.51. The Hall–Kier alpha value is -3.76. The van der Waals surface area contributed by atoms with Crippen LogP contribution in [0.25, 0.3) is 11.3 Å². The normalized spacial score (nSPS) is 15.3. The van der Waals surface area contributed by atoms with Crippen LogP contribution in [0.15, 0.2) is 109 Å². The molecular formula is C32H33N3O. The van der Waals surface area contributed by atoms with E-state index < -0.39 is 0 Å². The highest BCUT2D eigenvalue weighted by molar-refractivity contribution is 5.84.